The summed E-state index contributed by atoms with van der Waals surface area (Å²) in [5.74, 6) is -0.582. The van der Waals surface area contributed by atoms with Crippen LogP contribution >= 0.6 is 0 Å². The molecule has 5 nitrogen and oxygen atoms in total. The molecule has 0 spiro atoms. The fraction of sp³-hybridized carbons (Fsp3) is 0.444. The van der Waals surface area contributed by atoms with Gasteiger partial charge in [0.25, 0.3) is 0 Å². The number of aliphatic hydroxyl groups is 1. The maximum Gasteiger partial charge on any atom is 0.136 e. The molecular formula is C18H22FN3O2. The molecule has 1 aliphatic heterocycles. The number of piperidine rings is 1. The first-order chi connectivity index (χ1) is 11.5. The van der Waals surface area contributed by atoms with Crippen LogP contribution in [-0.4, -0.2) is 45.4 Å². The Kier molecular flexibility index (Phi) is 4.78. The Bertz CT molecular complexity index is 698. The van der Waals surface area contributed by atoms with Crippen molar-refractivity contribution in [1.82, 2.24) is 15.1 Å². The fourth-order valence-electron chi connectivity index (χ4n) is 3.32. The second-order valence-corrected chi connectivity index (χ2v) is 6.59. The summed E-state index contributed by atoms with van der Waals surface area (Å²) < 4.78 is 14.1. The summed E-state index contributed by atoms with van der Waals surface area (Å²) in [6.07, 6.45) is 1.31. The van der Waals surface area contributed by atoms with Gasteiger partial charge in [0.05, 0.1) is 17.0 Å². The van der Waals surface area contributed by atoms with Gasteiger partial charge in [-0.1, -0.05) is 0 Å². The monoisotopic (exact) mass is 331 g/mol. The van der Waals surface area contributed by atoms with Crippen LogP contribution in [0.3, 0.4) is 0 Å². The van der Waals surface area contributed by atoms with Crippen molar-refractivity contribution in [3.8, 4) is 17.0 Å². The first-order valence-electron chi connectivity index (χ1n) is 8.15. The zero-order chi connectivity index (χ0) is 17.3. The normalized spacial score (nSPS) is 20.1. The number of likely N-dealkylation sites (tertiary alicyclic amines) is 1. The first kappa shape index (κ1) is 16.8. The predicted molar refractivity (Wildman–Crippen MR) is 89.0 cm³/mol. The van der Waals surface area contributed by atoms with Gasteiger partial charge in [0.1, 0.15) is 17.7 Å². The first-order valence-corrected chi connectivity index (χ1v) is 8.15. The van der Waals surface area contributed by atoms with Gasteiger partial charge in [-0.15, -0.1) is 5.10 Å². The van der Waals surface area contributed by atoms with Crippen LogP contribution in [0.4, 0.5) is 4.39 Å². The molecule has 1 saturated heterocycles. The molecule has 0 aliphatic carbocycles. The molecule has 0 amide bonds. The van der Waals surface area contributed by atoms with Crippen LogP contribution < -0.4 is 0 Å². The second-order valence-electron chi connectivity index (χ2n) is 6.59. The van der Waals surface area contributed by atoms with Crippen molar-refractivity contribution in [1.29, 1.82) is 0 Å². The lowest BCUT2D eigenvalue weighted by atomic mass is 9.91. The molecule has 0 radical (unpaired) electrons. The van der Waals surface area contributed by atoms with Crippen LogP contribution in [0, 0.1) is 18.7 Å². The van der Waals surface area contributed by atoms with Crippen molar-refractivity contribution >= 4 is 0 Å². The van der Waals surface area contributed by atoms with Gasteiger partial charge >= 0.3 is 0 Å². The number of nitrogens with zero attached hydrogens (tertiary/aromatic N) is 3. The highest BCUT2D eigenvalue weighted by molar-refractivity contribution is 5.67. The number of hydrogen-bond donors (Lipinski definition) is 2. The smallest absolute Gasteiger partial charge is 0.136 e. The van der Waals surface area contributed by atoms with Crippen LogP contribution in [0.15, 0.2) is 24.3 Å². The number of aromatic nitrogens is 2. The van der Waals surface area contributed by atoms with E-state index in [0.717, 1.165) is 25.9 Å². The van der Waals surface area contributed by atoms with Crippen molar-refractivity contribution in [2.24, 2.45) is 5.92 Å². The summed E-state index contributed by atoms with van der Waals surface area (Å²) in [6.45, 7) is 3.57. The minimum atomic E-state index is -0.689. The Morgan fingerprint density at radius 1 is 1.29 bits per heavy atom. The average molecular weight is 331 g/mol. The molecule has 2 unspecified atom stereocenters. The summed E-state index contributed by atoms with van der Waals surface area (Å²) in [7, 11) is 2.04. The Morgan fingerprint density at radius 3 is 2.71 bits per heavy atom. The number of halogens is 1. The third-order valence-corrected chi connectivity index (χ3v) is 4.57. The summed E-state index contributed by atoms with van der Waals surface area (Å²) in [5, 5.41) is 28.6. The van der Waals surface area contributed by atoms with E-state index in [4.69, 9.17) is 0 Å². The zero-order valence-corrected chi connectivity index (χ0v) is 13.9. The van der Waals surface area contributed by atoms with Crippen molar-refractivity contribution in [3.05, 3.63) is 41.3 Å². The molecule has 1 aliphatic rings. The maximum absolute atomic E-state index is 14.1. The van der Waals surface area contributed by atoms with E-state index in [1.165, 1.54) is 12.1 Å². The van der Waals surface area contributed by atoms with Gasteiger partial charge in [-0.3, -0.25) is 0 Å². The van der Waals surface area contributed by atoms with Gasteiger partial charge in [-0.2, -0.15) is 5.10 Å². The molecule has 128 valence electrons. The van der Waals surface area contributed by atoms with Crippen molar-refractivity contribution in [2.75, 3.05) is 20.1 Å². The van der Waals surface area contributed by atoms with Gasteiger partial charge in [0.2, 0.25) is 0 Å². The van der Waals surface area contributed by atoms with Gasteiger partial charge in [-0.25, -0.2) is 4.39 Å². The quantitative estimate of drug-likeness (QED) is 0.905. The Labute approximate surface area is 140 Å². The van der Waals surface area contributed by atoms with Gasteiger partial charge < -0.3 is 15.1 Å². The largest absolute Gasteiger partial charge is 0.507 e. The number of aromatic hydroxyl groups is 1. The van der Waals surface area contributed by atoms with Crippen molar-refractivity contribution in [2.45, 2.75) is 25.9 Å². The molecular weight excluding hydrogens is 309 g/mol. The van der Waals surface area contributed by atoms with Crippen molar-refractivity contribution < 1.29 is 14.6 Å². The molecule has 1 fully saturated rings. The predicted octanol–water partition coefficient (Wildman–Crippen LogP) is 2.67. The topological polar surface area (TPSA) is 69.5 Å². The maximum atomic E-state index is 14.1. The lowest BCUT2D eigenvalue weighted by molar-refractivity contribution is 0.0556. The fourth-order valence-corrected chi connectivity index (χ4v) is 3.32. The Balaban J connectivity index is 1.83. The second kappa shape index (κ2) is 6.83. The molecule has 6 heteroatoms. The van der Waals surface area contributed by atoms with Gasteiger partial charge in [0.15, 0.2) is 0 Å². The highest BCUT2D eigenvalue weighted by atomic mass is 19.1. The zero-order valence-electron chi connectivity index (χ0n) is 13.9. The minimum Gasteiger partial charge on any atom is -0.507 e. The third kappa shape index (κ3) is 3.39. The highest BCUT2D eigenvalue weighted by Crippen LogP contribution is 2.33. The summed E-state index contributed by atoms with van der Waals surface area (Å²) in [6, 6.07) is 6.07. The minimum absolute atomic E-state index is 0.0338. The molecule has 2 atom stereocenters. The lowest BCUT2D eigenvalue weighted by Crippen LogP contribution is -2.35. The number of aryl methyl sites for hydroxylation is 1. The van der Waals surface area contributed by atoms with Crippen LogP contribution in [0.1, 0.15) is 30.2 Å². The molecule has 1 aromatic heterocycles. The highest BCUT2D eigenvalue weighted by Gasteiger charge is 2.27. The van der Waals surface area contributed by atoms with Crippen LogP contribution in [0.2, 0.25) is 0 Å². The molecule has 2 heterocycles. The lowest BCUT2D eigenvalue weighted by Gasteiger charge is -2.32. The molecule has 2 N–H and O–H groups in total. The van der Waals surface area contributed by atoms with E-state index < -0.39 is 11.9 Å². The molecule has 0 saturated carbocycles. The van der Waals surface area contributed by atoms with Crippen molar-refractivity contribution in [3.63, 3.8) is 0 Å². The molecule has 0 bridgehead atoms. The van der Waals surface area contributed by atoms with Crippen LogP contribution in [0.5, 0.6) is 5.75 Å². The van der Waals surface area contributed by atoms with E-state index in [1.807, 2.05) is 7.05 Å². The van der Waals surface area contributed by atoms with Crippen LogP contribution in [0.25, 0.3) is 11.3 Å². The SMILES string of the molecule is Cc1cc(O)c(-c2ccc(C(O)C3CCCN(C)C3)nn2)c(F)c1. The number of hydrogen-bond acceptors (Lipinski definition) is 5. The molecule has 3 rings (SSSR count). The average Bonchev–Trinajstić information content (AvgIpc) is 2.54. The Hall–Kier alpha value is -2.05. The van der Waals surface area contributed by atoms with Crippen LogP contribution in [-0.2, 0) is 0 Å². The summed E-state index contributed by atoms with van der Waals surface area (Å²) in [4.78, 5) is 2.19. The van der Waals surface area contributed by atoms with Gasteiger partial charge in [-0.05, 0) is 63.2 Å². The van der Waals surface area contributed by atoms with E-state index in [-0.39, 0.29) is 22.9 Å². The number of aliphatic hydroxyl groups excluding tert-OH is 1. The third-order valence-electron chi connectivity index (χ3n) is 4.57. The van der Waals surface area contributed by atoms with E-state index in [0.29, 0.717) is 11.3 Å². The molecule has 24 heavy (non-hydrogen) atoms. The van der Waals surface area contributed by atoms with E-state index in [2.05, 4.69) is 15.1 Å². The van der Waals surface area contributed by atoms with E-state index >= 15 is 0 Å². The molecule has 2 aromatic rings. The summed E-state index contributed by atoms with van der Waals surface area (Å²) >= 11 is 0. The molecule has 1 aromatic carbocycles. The number of phenolic OH excluding ortho intramolecular Hbond substituents is 1. The summed E-state index contributed by atoms with van der Waals surface area (Å²) in [5.41, 5.74) is 1.40. The number of phenols is 1. The standard InChI is InChI=1S/C18H22FN3O2/c1-11-8-13(19)17(16(23)9-11)14-5-6-15(21-20-14)18(24)12-4-3-7-22(2)10-12/h5-6,8-9,12,18,23-24H,3-4,7,10H2,1-2H3. The van der Waals surface area contributed by atoms with Gasteiger partial charge in [0, 0.05) is 12.5 Å². The van der Waals surface area contributed by atoms with E-state index in [1.54, 1.807) is 19.1 Å². The number of rotatable bonds is 3. The Morgan fingerprint density at radius 2 is 2.08 bits per heavy atom. The van der Waals surface area contributed by atoms with E-state index in [9.17, 15) is 14.6 Å². The number of benzene rings is 1.